The van der Waals surface area contributed by atoms with Crippen LogP contribution in [0.5, 0.6) is 0 Å². The Labute approximate surface area is 160 Å². The quantitative estimate of drug-likeness (QED) is 0.693. The number of carbonyl (C=O) groups is 2. The molecule has 0 spiro atoms. The van der Waals surface area contributed by atoms with E-state index < -0.39 is 35.6 Å². The van der Waals surface area contributed by atoms with E-state index in [0.29, 0.717) is 18.6 Å². The summed E-state index contributed by atoms with van der Waals surface area (Å²) >= 11 is 0. The Hall–Kier alpha value is -1.96. The van der Waals surface area contributed by atoms with Crippen LogP contribution in [0.1, 0.15) is 37.0 Å². The highest BCUT2D eigenvalue weighted by molar-refractivity contribution is 5.89. The van der Waals surface area contributed by atoms with Crippen LogP contribution in [-0.2, 0) is 23.7 Å². The molecule has 1 fully saturated rings. The molecule has 1 aromatic rings. The van der Waals surface area contributed by atoms with Gasteiger partial charge in [-0.05, 0) is 12.1 Å². The highest BCUT2D eigenvalue weighted by Crippen LogP contribution is 2.41. The Balaban J connectivity index is 2.20. The number of methoxy groups -OCH3 is 2. The van der Waals surface area contributed by atoms with E-state index in [2.05, 4.69) is 0 Å². The Bertz CT molecular complexity index is 633. The molecule has 1 aliphatic heterocycles. The topological polar surface area (TPSA) is 97.1 Å². The zero-order valence-corrected chi connectivity index (χ0v) is 16.3. The lowest BCUT2D eigenvalue weighted by Gasteiger charge is -2.47. The lowest BCUT2D eigenvalue weighted by Crippen LogP contribution is -2.56. The number of carbonyl (C=O) groups excluding carboxylic acids is 2. The standard InChI is InChI=1S/C20H29NO6/c1-20(2)16(10-14(25-4)12-24-3)26-15(18(21)22)11-17(20)27-19(23)13-8-6-5-7-9-13/h5-9,14-17H,10-12H2,1-4H3,(H2,21,22)/t14-,15-,16+,17+/m0/s1. The molecule has 4 atom stereocenters. The van der Waals surface area contributed by atoms with Crippen molar-refractivity contribution in [3.8, 4) is 0 Å². The average molecular weight is 379 g/mol. The largest absolute Gasteiger partial charge is 0.458 e. The number of primary amides is 1. The number of rotatable bonds is 8. The molecule has 0 radical (unpaired) electrons. The van der Waals surface area contributed by atoms with Crippen molar-refractivity contribution in [2.24, 2.45) is 11.1 Å². The normalized spacial score (nSPS) is 25.6. The predicted molar refractivity (Wildman–Crippen MR) is 99.2 cm³/mol. The van der Waals surface area contributed by atoms with Crippen LogP contribution in [0.25, 0.3) is 0 Å². The first kappa shape index (κ1) is 21.3. The van der Waals surface area contributed by atoms with Crippen molar-refractivity contribution < 1.29 is 28.5 Å². The van der Waals surface area contributed by atoms with Gasteiger partial charge in [-0.1, -0.05) is 32.0 Å². The minimum atomic E-state index is -0.823. The van der Waals surface area contributed by atoms with Crippen molar-refractivity contribution in [3.63, 3.8) is 0 Å². The third-order valence-corrected chi connectivity index (χ3v) is 5.16. The van der Waals surface area contributed by atoms with Gasteiger partial charge in [0.15, 0.2) is 0 Å². The number of benzene rings is 1. The van der Waals surface area contributed by atoms with E-state index in [1.807, 2.05) is 19.9 Å². The number of ether oxygens (including phenoxy) is 4. The maximum absolute atomic E-state index is 12.5. The van der Waals surface area contributed by atoms with Gasteiger partial charge in [-0.3, -0.25) is 4.79 Å². The van der Waals surface area contributed by atoms with Gasteiger partial charge in [0, 0.05) is 32.5 Å². The Kier molecular flexibility index (Phi) is 7.35. The molecule has 0 aliphatic carbocycles. The van der Waals surface area contributed by atoms with Crippen LogP contribution < -0.4 is 5.73 Å². The van der Waals surface area contributed by atoms with Crippen molar-refractivity contribution in [1.82, 2.24) is 0 Å². The third-order valence-electron chi connectivity index (χ3n) is 5.16. The molecule has 0 bridgehead atoms. The summed E-state index contributed by atoms with van der Waals surface area (Å²) in [6.07, 6.45) is -1.24. The van der Waals surface area contributed by atoms with Gasteiger partial charge < -0.3 is 24.7 Å². The highest BCUT2D eigenvalue weighted by Gasteiger charge is 2.49. The van der Waals surface area contributed by atoms with Gasteiger partial charge in [0.1, 0.15) is 12.2 Å². The van der Waals surface area contributed by atoms with Crippen LogP contribution in [0.3, 0.4) is 0 Å². The molecule has 1 heterocycles. The Morgan fingerprint density at radius 2 is 1.93 bits per heavy atom. The lowest BCUT2D eigenvalue weighted by atomic mass is 9.74. The molecule has 2 N–H and O–H groups in total. The van der Waals surface area contributed by atoms with Crippen LogP contribution in [0.4, 0.5) is 0 Å². The Morgan fingerprint density at radius 3 is 2.48 bits per heavy atom. The lowest BCUT2D eigenvalue weighted by molar-refractivity contribution is -0.190. The molecule has 7 heteroatoms. The summed E-state index contributed by atoms with van der Waals surface area (Å²) in [5, 5.41) is 0. The molecule has 1 saturated heterocycles. The molecule has 150 valence electrons. The fourth-order valence-electron chi connectivity index (χ4n) is 3.31. The first-order chi connectivity index (χ1) is 12.8. The van der Waals surface area contributed by atoms with Gasteiger partial charge in [0.2, 0.25) is 5.91 Å². The summed E-state index contributed by atoms with van der Waals surface area (Å²) in [7, 11) is 3.19. The number of hydrogen-bond acceptors (Lipinski definition) is 6. The van der Waals surface area contributed by atoms with Crippen LogP contribution in [0, 0.1) is 5.41 Å². The smallest absolute Gasteiger partial charge is 0.338 e. The molecule has 1 amide bonds. The zero-order chi connectivity index (χ0) is 20.0. The van der Waals surface area contributed by atoms with Crippen LogP contribution in [0.2, 0.25) is 0 Å². The minimum Gasteiger partial charge on any atom is -0.458 e. The predicted octanol–water partition coefficient (Wildman–Crippen LogP) is 1.93. The van der Waals surface area contributed by atoms with E-state index in [0.717, 1.165) is 0 Å². The van der Waals surface area contributed by atoms with Gasteiger partial charge in [-0.2, -0.15) is 0 Å². The van der Waals surface area contributed by atoms with E-state index in [1.165, 1.54) is 0 Å². The van der Waals surface area contributed by atoms with Crippen molar-refractivity contribution in [3.05, 3.63) is 35.9 Å². The molecule has 0 saturated carbocycles. The van der Waals surface area contributed by atoms with E-state index >= 15 is 0 Å². The van der Waals surface area contributed by atoms with Crippen LogP contribution in [-0.4, -0.2) is 57.1 Å². The summed E-state index contributed by atoms with van der Waals surface area (Å²) in [6, 6.07) is 8.76. The van der Waals surface area contributed by atoms with Crippen LogP contribution >= 0.6 is 0 Å². The Morgan fingerprint density at radius 1 is 1.26 bits per heavy atom. The van der Waals surface area contributed by atoms with E-state index in [9.17, 15) is 9.59 Å². The second kappa shape index (κ2) is 9.30. The molecule has 0 unspecified atom stereocenters. The first-order valence-corrected chi connectivity index (χ1v) is 9.02. The third kappa shape index (κ3) is 5.28. The van der Waals surface area contributed by atoms with E-state index in [4.69, 9.17) is 24.7 Å². The maximum atomic E-state index is 12.5. The molecule has 0 aromatic heterocycles. The van der Waals surface area contributed by atoms with E-state index in [1.54, 1.807) is 38.5 Å². The van der Waals surface area contributed by atoms with Gasteiger partial charge in [-0.15, -0.1) is 0 Å². The molecular formula is C20H29NO6. The second-order valence-corrected chi connectivity index (χ2v) is 7.38. The minimum absolute atomic E-state index is 0.212. The molecular weight excluding hydrogens is 350 g/mol. The fraction of sp³-hybridized carbons (Fsp3) is 0.600. The van der Waals surface area contributed by atoms with Gasteiger partial charge in [-0.25, -0.2) is 4.79 Å². The van der Waals surface area contributed by atoms with Gasteiger partial charge >= 0.3 is 5.97 Å². The highest BCUT2D eigenvalue weighted by atomic mass is 16.6. The molecule has 2 rings (SSSR count). The number of nitrogens with two attached hydrogens (primary N) is 1. The zero-order valence-electron chi connectivity index (χ0n) is 16.3. The summed E-state index contributed by atoms with van der Waals surface area (Å²) in [6.45, 7) is 4.30. The molecule has 27 heavy (non-hydrogen) atoms. The number of esters is 1. The van der Waals surface area contributed by atoms with Crippen molar-refractivity contribution in [2.75, 3.05) is 20.8 Å². The number of hydrogen-bond donors (Lipinski definition) is 1. The van der Waals surface area contributed by atoms with Crippen molar-refractivity contribution >= 4 is 11.9 Å². The van der Waals surface area contributed by atoms with Gasteiger partial charge in [0.05, 0.1) is 24.4 Å². The van der Waals surface area contributed by atoms with Crippen molar-refractivity contribution in [1.29, 1.82) is 0 Å². The molecule has 1 aliphatic rings. The fourth-order valence-corrected chi connectivity index (χ4v) is 3.31. The summed E-state index contributed by atoms with van der Waals surface area (Å²) in [4.78, 5) is 24.3. The summed E-state index contributed by atoms with van der Waals surface area (Å²) < 4.78 is 22.3. The maximum Gasteiger partial charge on any atom is 0.338 e. The van der Waals surface area contributed by atoms with Crippen molar-refractivity contribution in [2.45, 2.75) is 51.1 Å². The number of amides is 1. The molecule has 1 aromatic carbocycles. The second-order valence-electron chi connectivity index (χ2n) is 7.38. The average Bonchev–Trinajstić information content (AvgIpc) is 2.64. The SMILES string of the molecule is COC[C@H](C[C@H]1O[C@H](C(N)=O)C[C@@H](OC(=O)c2ccccc2)C1(C)C)OC. The first-order valence-electron chi connectivity index (χ1n) is 9.02. The summed E-state index contributed by atoms with van der Waals surface area (Å²) in [5.74, 6) is -1.00. The monoisotopic (exact) mass is 379 g/mol. The molecule has 7 nitrogen and oxygen atoms in total. The van der Waals surface area contributed by atoms with Crippen LogP contribution in [0.15, 0.2) is 30.3 Å². The van der Waals surface area contributed by atoms with Gasteiger partial charge in [0.25, 0.3) is 0 Å². The van der Waals surface area contributed by atoms with E-state index in [-0.39, 0.29) is 12.5 Å². The summed E-state index contributed by atoms with van der Waals surface area (Å²) in [5.41, 5.74) is 5.40.